The number of aliphatic carboxylic acids is 1. The van der Waals surface area contributed by atoms with E-state index in [-0.39, 0.29) is 19.1 Å². The minimum absolute atomic E-state index is 0.0413. The smallest absolute Gasteiger partial charge is 0.315 e. The monoisotopic (exact) mass is 384 g/mol. The van der Waals surface area contributed by atoms with E-state index in [1.54, 1.807) is 18.2 Å². The van der Waals surface area contributed by atoms with E-state index >= 15 is 0 Å². The second-order valence-electron chi connectivity index (χ2n) is 6.84. The Morgan fingerprint density at radius 2 is 1.82 bits per heavy atom. The van der Waals surface area contributed by atoms with Crippen LogP contribution in [0.15, 0.2) is 54.6 Å². The van der Waals surface area contributed by atoms with Gasteiger partial charge in [-0.05, 0) is 24.5 Å². The largest absolute Gasteiger partial charge is 0.491 e. The Labute approximate surface area is 163 Å². The van der Waals surface area contributed by atoms with Gasteiger partial charge >= 0.3 is 12.0 Å². The number of ether oxygens (including phenoxy) is 1. The molecule has 0 aliphatic carbocycles. The maximum atomic E-state index is 12.5. The number of urea groups is 1. The number of aliphatic hydroxyl groups excluding tert-OH is 1. The molecule has 2 aromatic rings. The van der Waals surface area contributed by atoms with E-state index in [4.69, 9.17) is 9.84 Å². The van der Waals surface area contributed by atoms with E-state index in [0.717, 1.165) is 5.56 Å². The molecule has 0 fully saturated rings. The summed E-state index contributed by atoms with van der Waals surface area (Å²) in [6.45, 7) is 0.157. The number of hydrogen-bond acceptors (Lipinski definition) is 4. The molecule has 0 spiro atoms. The molecule has 1 aliphatic rings. The molecule has 3 atom stereocenters. The van der Waals surface area contributed by atoms with Crippen LogP contribution in [0.2, 0.25) is 0 Å². The number of aliphatic hydroxyl groups is 1. The highest BCUT2D eigenvalue weighted by Gasteiger charge is 2.30. The molecule has 3 unspecified atom stereocenters. The quantitative estimate of drug-likeness (QED) is 0.586. The minimum Gasteiger partial charge on any atom is -0.491 e. The van der Waals surface area contributed by atoms with Crippen molar-refractivity contribution >= 4 is 12.0 Å². The molecule has 148 valence electrons. The zero-order chi connectivity index (χ0) is 19.9. The first-order valence-corrected chi connectivity index (χ1v) is 9.25. The average Bonchev–Trinajstić information content (AvgIpc) is 2.69. The molecule has 0 saturated heterocycles. The maximum absolute atomic E-state index is 12.5. The Kier molecular flexibility index (Phi) is 6.49. The molecular formula is C21H24N2O5. The molecule has 4 N–H and O–H groups in total. The number of carbonyl (C=O) groups is 2. The van der Waals surface area contributed by atoms with Gasteiger partial charge in [-0.1, -0.05) is 48.5 Å². The highest BCUT2D eigenvalue weighted by Crippen LogP contribution is 2.31. The number of nitrogens with one attached hydrogen (secondary N) is 2. The number of carbonyl (C=O) groups excluding carboxylic acids is 1. The lowest BCUT2D eigenvalue weighted by atomic mass is 9.99. The van der Waals surface area contributed by atoms with Crippen LogP contribution >= 0.6 is 0 Å². The van der Waals surface area contributed by atoms with Crippen molar-refractivity contribution in [1.29, 1.82) is 0 Å². The van der Waals surface area contributed by atoms with Crippen LogP contribution in [0.4, 0.5) is 4.79 Å². The molecule has 7 nitrogen and oxygen atoms in total. The minimum atomic E-state index is -0.909. The van der Waals surface area contributed by atoms with Crippen molar-refractivity contribution in [1.82, 2.24) is 10.6 Å². The molecule has 2 aromatic carbocycles. The third-order valence-corrected chi connectivity index (χ3v) is 4.72. The molecule has 1 heterocycles. The highest BCUT2D eigenvalue weighted by atomic mass is 16.5. The Hall–Kier alpha value is -3.06. The zero-order valence-electron chi connectivity index (χ0n) is 15.4. The van der Waals surface area contributed by atoms with Gasteiger partial charge in [0.1, 0.15) is 18.5 Å². The summed E-state index contributed by atoms with van der Waals surface area (Å²) in [7, 11) is 0. The van der Waals surface area contributed by atoms with Crippen molar-refractivity contribution in [2.75, 3.05) is 6.61 Å². The molecule has 7 heteroatoms. The van der Waals surface area contributed by atoms with Crippen LogP contribution in [-0.2, 0) is 11.2 Å². The summed E-state index contributed by atoms with van der Waals surface area (Å²) >= 11 is 0. The van der Waals surface area contributed by atoms with E-state index in [1.807, 2.05) is 36.4 Å². The Morgan fingerprint density at radius 3 is 2.57 bits per heavy atom. The summed E-state index contributed by atoms with van der Waals surface area (Å²) in [5.74, 6) is -0.301. The predicted octanol–water partition coefficient (Wildman–Crippen LogP) is 2.26. The molecule has 0 saturated carbocycles. The van der Waals surface area contributed by atoms with Crippen LogP contribution in [-0.4, -0.2) is 40.9 Å². The fourth-order valence-electron chi connectivity index (χ4n) is 3.28. The van der Waals surface area contributed by atoms with Crippen molar-refractivity contribution in [3.63, 3.8) is 0 Å². The van der Waals surface area contributed by atoms with Gasteiger partial charge in [-0.2, -0.15) is 0 Å². The van der Waals surface area contributed by atoms with Crippen molar-refractivity contribution in [3.05, 3.63) is 65.7 Å². The number of para-hydroxylation sites is 1. The normalized spacial score (nSPS) is 19.0. The number of fused-ring (bicyclic) bond motifs is 1. The van der Waals surface area contributed by atoms with Crippen molar-refractivity contribution in [3.8, 4) is 5.75 Å². The third kappa shape index (κ3) is 5.23. The SMILES string of the molecule is O=C(O)CCC(Cc1ccccc1)NC(=O)NC1COc2ccccc2C1O. The van der Waals surface area contributed by atoms with Gasteiger partial charge in [0, 0.05) is 18.0 Å². The van der Waals surface area contributed by atoms with Crippen LogP contribution < -0.4 is 15.4 Å². The van der Waals surface area contributed by atoms with Gasteiger partial charge in [0.05, 0.1) is 6.04 Å². The van der Waals surface area contributed by atoms with Gasteiger partial charge < -0.3 is 25.6 Å². The first-order valence-electron chi connectivity index (χ1n) is 9.25. The molecule has 0 bridgehead atoms. The number of carboxylic acid groups (broad SMARTS) is 1. The Morgan fingerprint density at radius 1 is 1.11 bits per heavy atom. The number of benzene rings is 2. The summed E-state index contributed by atoms with van der Waals surface area (Å²) in [4.78, 5) is 23.4. The fourth-order valence-corrected chi connectivity index (χ4v) is 3.28. The molecule has 0 aromatic heterocycles. The van der Waals surface area contributed by atoms with Crippen LogP contribution in [0.25, 0.3) is 0 Å². The molecular weight excluding hydrogens is 360 g/mol. The van der Waals surface area contributed by atoms with Crippen molar-refractivity contribution < 1.29 is 24.5 Å². The lowest BCUT2D eigenvalue weighted by Gasteiger charge is -2.31. The van der Waals surface area contributed by atoms with Gasteiger partial charge in [0.15, 0.2) is 0 Å². The molecule has 2 amide bonds. The number of amides is 2. The topological polar surface area (TPSA) is 108 Å². The first-order chi connectivity index (χ1) is 13.5. The van der Waals surface area contributed by atoms with Gasteiger partial charge in [-0.3, -0.25) is 4.79 Å². The van der Waals surface area contributed by atoms with Gasteiger partial charge in [-0.15, -0.1) is 0 Å². The zero-order valence-corrected chi connectivity index (χ0v) is 15.4. The van der Waals surface area contributed by atoms with Crippen LogP contribution in [0.5, 0.6) is 5.75 Å². The summed E-state index contributed by atoms with van der Waals surface area (Å²) < 4.78 is 5.61. The Bertz CT molecular complexity index is 811. The van der Waals surface area contributed by atoms with E-state index in [9.17, 15) is 14.7 Å². The summed E-state index contributed by atoms with van der Waals surface area (Å²) in [6, 6.07) is 15.3. The van der Waals surface area contributed by atoms with Crippen LogP contribution in [0.3, 0.4) is 0 Å². The fraction of sp³-hybridized carbons (Fsp3) is 0.333. The van der Waals surface area contributed by atoms with E-state index in [1.165, 1.54) is 0 Å². The van der Waals surface area contributed by atoms with E-state index in [0.29, 0.717) is 24.2 Å². The third-order valence-electron chi connectivity index (χ3n) is 4.72. The lowest BCUT2D eigenvalue weighted by Crippen LogP contribution is -2.51. The summed E-state index contributed by atoms with van der Waals surface area (Å²) in [5.41, 5.74) is 1.64. The maximum Gasteiger partial charge on any atom is 0.315 e. The lowest BCUT2D eigenvalue weighted by molar-refractivity contribution is -0.137. The van der Waals surface area contributed by atoms with Crippen molar-refractivity contribution in [2.45, 2.75) is 37.5 Å². The molecule has 1 aliphatic heterocycles. The van der Waals surface area contributed by atoms with Crippen LogP contribution in [0, 0.1) is 0 Å². The van der Waals surface area contributed by atoms with Gasteiger partial charge in [-0.25, -0.2) is 4.79 Å². The number of rotatable bonds is 7. The summed E-state index contributed by atoms with van der Waals surface area (Å²) in [6.07, 6.45) is -0.0826. The Balaban J connectivity index is 1.60. The molecule has 28 heavy (non-hydrogen) atoms. The van der Waals surface area contributed by atoms with Gasteiger partial charge in [0.25, 0.3) is 0 Å². The molecule has 0 radical (unpaired) electrons. The highest BCUT2D eigenvalue weighted by molar-refractivity contribution is 5.75. The number of carboxylic acids is 1. The van der Waals surface area contributed by atoms with Crippen LogP contribution in [0.1, 0.15) is 30.1 Å². The molecule has 3 rings (SSSR count). The standard InChI is InChI=1S/C21H24N2O5/c24-19(25)11-10-15(12-14-6-2-1-3-7-14)22-21(27)23-17-13-28-18-9-5-4-8-16(18)20(17)26/h1-9,15,17,20,26H,10-13H2,(H,24,25)(H2,22,23,27). The first kappa shape index (κ1) is 19.7. The van der Waals surface area contributed by atoms with Crippen molar-refractivity contribution in [2.24, 2.45) is 0 Å². The second-order valence-corrected chi connectivity index (χ2v) is 6.84. The average molecular weight is 384 g/mol. The number of hydrogen-bond donors (Lipinski definition) is 4. The second kappa shape index (κ2) is 9.23. The predicted molar refractivity (Wildman–Crippen MR) is 103 cm³/mol. The van der Waals surface area contributed by atoms with E-state index < -0.39 is 24.1 Å². The summed E-state index contributed by atoms with van der Waals surface area (Å²) in [5, 5.41) is 25.1. The van der Waals surface area contributed by atoms with E-state index in [2.05, 4.69) is 10.6 Å². The van der Waals surface area contributed by atoms with Gasteiger partial charge in [0.2, 0.25) is 0 Å².